The highest BCUT2D eigenvalue weighted by molar-refractivity contribution is 9.10. The molecule has 0 unspecified atom stereocenters. The number of hydrogen-bond donors (Lipinski definition) is 0. The molecule has 0 N–H and O–H groups in total. The molecule has 1 aromatic rings. The van der Waals surface area contributed by atoms with E-state index in [0.717, 1.165) is 10.0 Å². The third-order valence-corrected chi connectivity index (χ3v) is 4.51. The van der Waals surface area contributed by atoms with E-state index in [1.54, 1.807) is 0 Å². The molecule has 0 bridgehead atoms. The van der Waals surface area contributed by atoms with Crippen molar-refractivity contribution in [3.05, 3.63) is 34.3 Å². The van der Waals surface area contributed by atoms with Crippen LogP contribution in [0.2, 0.25) is 19.6 Å². The molecular weight excluding hydrogens is 332 g/mol. The molecular formula is C16H21BrO2Si. The Balaban J connectivity index is 2.34. The van der Waals surface area contributed by atoms with E-state index in [4.69, 9.17) is 9.47 Å². The van der Waals surface area contributed by atoms with Gasteiger partial charge >= 0.3 is 0 Å². The summed E-state index contributed by atoms with van der Waals surface area (Å²) in [5.74, 6) is 2.70. The zero-order valence-electron chi connectivity index (χ0n) is 12.7. The SMILES string of the molecule is CC1(C)O[C@H](c2ccccc2Br)[C@@H](C#C[Si](C)(C)C)O1. The van der Waals surface area contributed by atoms with Gasteiger partial charge in [-0.25, -0.2) is 0 Å². The van der Waals surface area contributed by atoms with E-state index in [9.17, 15) is 0 Å². The molecule has 1 heterocycles. The molecule has 1 aliphatic rings. The molecule has 0 amide bonds. The molecule has 1 fully saturated rings. The first kappa shape index (κ1) is 15.8. The highest BCUT2D eigenvalue weighted by atomic mass is 79.9. The van der Waals surface area contributed by atoms with Crippen molar-refractivity contribution in [3.8, 4) is 11.5 Å². The predicted molar refractivity (Wildman–Crippen MR) is 88.0 cm³/mol. The fourth-order valence-electron chi connectivity index (χ4n) is 2.09. The van der Waals surface area contributed by atoms with Gasteiger partial charge in [0.05, 0.1) is 0 Å². The minimum absolute atomic E-state index is 0.149. The molecule has 1 aromatic carbocycles. The van der Waals surface area contributed by atoms with Gasteiger partial charge in [0.15, 0.2) is 11.9 Å². The molecule has 0 aromatic heterocycles. The Morgan fingerprint density at radius 1 is 1.15 bits per heavy atom. The van der Waals surface area contributed by atoms with Crippen molar-refractivity contribution >= 4 is 24.0 Å². The van der Waals surface area contributed by atoms with Crippen molar-refractivity contribution in [2.45, 2.75) is 51.5 Å². The lowest BCUT2D eigenvalue weighted by molar-refractivity contribution is -0.143. The Bertz CT molecular complexity index is 552. The lowest BCUT2D eigenvalue weighted by atomic mass is 10.1. The Kier molecular flexibility index (Phi) is 4.46. The van der Waals surface area contributed by atoms with Crippen molar-refractivity contribution in [2.75, 3.05) is 0 Å². The van der Waals surface area contributed by atoms with Gasteiger partial charge in [-0.05, 0) is 25.5 Å². The van der Waals surface area contributed by atoms with Crippen LogP contribution in [0.5, 0.6) is 0 Å². The van der Waals surface area contributed by atoms with Gasteiger partial charge in [0.2, 0.25) is 0 Å². The summed E-state index contributed by atoms with van der Waals surface area (Å²) in [5, 5.41) is 0. The number of rotatable bonds is 1. The second-order valence-electron chi connectivity index (χ2n) is 6.52. The number of hydrogen-bond acceptors (Lipinski definition) is 2. The predicted octanol–water partition coefficient (Wildman–Crippen LogP) is 4.52. The van der Waals surface area contributed by atoms with Crippen LogP contribution in [-0.4, -0.2) is 20.0 Å². The Labute approximate surface area is 131 Å². The third-order valence-electron chi connectivity index (χ3n) is 2.90. The van der Waals surface area contributed by atoms with Gasteiger partial charge < -0.3 is 9.47 Å². The minimum atomic E-state index is -1.42. The molecule has 4 heteroatoms. The van der Waals surface area contributed by atoms with Gasteiger partial charge in [-0.15, -0.1) is 5.54 Å². The zero-order valence-corrected chi connectivity index (χ0v) is 15.2. The maximum Gasteiger partial charge on any atom is 0.165 e. The van der Waals surface area contributed by atoms with Crippen LogP contribution < -0.4 is 0 Å². The van der Waals surface area contributed by atoms with Crippen LogP contribution in [0.3, 0.4) is 0 Å². The molecule has 20 heavy (non-hydrogen) atoms. The van der Waals surface area contributed by atoms with E-state index in [1.807, 2.05) is 32.0 Å². The smallest absolute Gasteiger partial charge is 0.165 e. The summed E-state index contributed by atoms with van der Waals surface area (Å²) >= 11 is 3.59. The Morgan fingerprint density at radius 2 is 1.80 bits per heavy atom. The highest BCUT2D eigenvalue weighted by Crippen LogP contribution is 2.40. The fourth-order valence-corrected chi connectivity index (χ4v) is 3.17. The molecule has 2 atom stereocenters. The standard InChI is InChI=1S/C16H21BrO2Si/c1-16(2)18-14(10-11-20(3,4)5)15(19-16)12-8-6-7-9-13(12)17/h6-9,14-15H,1-5H3/t14-,15-/m1/s1. The topological polar surface area (TPSA) is 18.5 Å². The van der Waals surface area contributed by atoms with Gasteiger partial charge in [-0.1, -0.05) is 59.7 Å². The average Bonchev–Trinajstić information content (AvgIpc) is 2.62. The van der Waals surface area contributed by atoms with Gasteiger partial charge in [0, 0.05) is 4.47 Å². The fraction of sp³-hybridized carbons (Fsp3) is 0.500. The van der Waals surface area contributed by atoms with Gasteiger partial charge in [-0.2, -0.15) is 0 Å². The van der Waals surface area contributed by atoms with Crippen LogP contribution in [0.15, 0.2) is 28.7 Å². The molecule has 1 saturated heterocycles. The van der Waals surface area contributed by atoms with Gasteiger partial charge in [0.25, 0.3) is 0 Å². The molecule has 1 aliphatic heterocycles. The second-order valence-corrected chi connectivity index (χ2v) is 12.1. The van der Waals surface area contributed by atoms with Crippen molar-refractivity contribution in [1.29, 1.82) is 0 Å². The average molecular weight is 353 g/mol. The quantitative estimate of drug-likeness (QED) is 0.546. The summed E-state index contributed by atoms with van der Waals surface area (Å²) in [6.07, 6.45) is -0.361. The van der Waals surface area contributed by atoms with Crippen molar-refractivity contribution in [2.24, 2.45) is 0 Å². The van der Waals surface area contributed by atoms with E-state index in [1.165, 1.54) is 0 Å². The summed E-state index contributed by atoms with van der Waals surface area (Å²) in [4.78, 5) is 0. The number of benzene rings is 1. The molecule has 0 spiro atoms. The summed E-state index contributed by atoms with van der Waals surface area (Å²) in [5.41, 5.74) is 4.48. The lowest BCUT2D eigenvalue weighted by Crippen LogP contribution is -2.22. The first-order valence-electron chi connectivity index (χ1n) is 6.81. The van der Waals surface area contributed by atoms with Crippen LogP contribution in [0.25, 0.3) is 0 Å². The molecule has 108 valence electrons. The van der Waals surface area contributed by atoms with Gasteiger partial charge in [0.1, 0.15) is 14.2 Å². The molecule has 2 rings (SSSR count). The minimum Gasteiger partial charge on any atom is -0.339 e. The maximum absolute atomic E-state index is 6.05. The van der Waals surface area contributed by atoms with Crippen molar-refractivity contribution in [1.82, 2.24) is 0 Å². The summed E-state index contributed by atoms with van der Waals surface area (Å²) < 4.78 is 13.1. The van der Waals surface area contributed by atoms with Crippen LogP contribution in [0.4, 0.5) is 0 Å². The first-order valence-corrected chi connectivity index (χ1v) is 11.1. The van der Waals surface area contributed by atoms with Gasteiger partial charge in [-0.3, -0.25) is 0 Å². The third kappa shape index (κ3) is 3.95. The van der Waals surface area contributed by atoms with E-state index in [0.29, 0.717) is 0 Å². The molecule has 0 aliphatic carbocycles. The van der Waals surface area contributed by atoms with E-state index in [-0.39, 0.29) is 12.2 Å². The monoisotopic (exact) mass is 352 g/mol. The van der Waals surface area contributed by atoms with Crippen LogP contribution >= 0.6 is 15.9 Å². The maximum atomic E-state index is 6.05. The summed E-state index contributed by atoms with van der Waals surface area (Å²) in [6.45, 7) is 10.6. The highest BCUT2D eigenvalue weighted by Gasteiger charge is 2.42. The van der Waals surface area contributed by atoms with Crippen LogP contribution in [-0.2, 0) is 9.47 Å². The molecule has 0 saturated carbocycles. The van der Waals surface area contributed by atoms with E-state index < -0.39 is 13.9 Å². The van der Waals surface area contributed by atoms with Crippen LogP contribution in [0, 0.1) is 11.5 Å². The molecule has 2 nitrogen and oxygen atoms in total. The lowest BCUT2D eigenvalue weighted by Gasteiger charge is -2.17. The van der Waals surface area contributed by atoms with E-state index in [2.05, 4.69) is 53.1 Å². The van der Waals surface area contributed by atoms with E-state index >= 15 is 0 Å². The number of ether oxygens (including phenoxy) is 2. The summed E-state index contributed by atoms with van der Waals surface area (Å²) in [6, 6.07) is 8.09. The normalized spacial score (nSPS) is 25.1. The van der Waals surface area contributed by atoms with Crippen molar-refractivity contribution in [3.63, 3.8) is 0 Å². The zero-order chi connectivity index (χ0) is 15.0. The second kappa shape index (κ2) is 5.65. The molecule has 0 radical (unpaired) electrons. The number of halogens is 1. The first-order chi connectivity index (χ1) is 9.18. The summed E-state index contributed by atoms with van der Waals surface area (Å²) in [7, 11) is -1.42. The Morgan fingerprint density at radius 3 is 2.40 bits per heavy atom. The Hall–Kier alpha value is -0.603. The van der Waals surface area contributed by atoms with Crippen molar-refractivity contribution < 1.29 is 9.47 Å². The van der Waals surface area contributed by atoms with Crippen LogP contribution in [0.1, 0.15) is 25.5 Å². The largest absolute Gasteiger partial charge is 0.339 e.